The van der Waals surface area contributed by atoms with Crippen molar-refractivity contribution in [2.75, 3.05) is 5.75 Å². The first kappa shape index (κ1) is 12.8. The fourth-order valence-corrected chi connectivity index (χ4v) is 2.17. The maximum atomic E-state index is 11.1. The molecule has 1 aliphatic carbocycles. The van der Waals surface area contributed by atoms with Crippen molar-refractivity contribution >= 4 is 17.7 Å². The molecule has 1 amide bonds. The van der Waals surface area contributed by atoms with E-state index >= 15 is 0 Å². The van der Waals surface area contributed by atoms with Crippen molar-refractivity contribution in [3.63, 3.8) is 0 Å². The Morgan fingerprint density at radius 3 is 2.60 bits per heavy atom. The Bertz CT molecular complexity index is 219. The predicted molar refractivity (Wildman–Crippen MR) is 62.7 cm³/mol. The molecule has 0 aromatic heterocycles. The Morgan fingerprint density at radius 2 is 2.20 bits per heavy atom. The molecular formula is C10H20N2O2S. The largest absolute Gasteiger partial charge is 0.392 e. The number of hydrogen-bond acceptors (Lipinski definition) is 4. The number of hydrogen-bond donors (Lipinski definition) is 3. The number of nitrogens with two attached hydrogens (primary N) is 1. The second-order valence-electron chi connectivity index (χ2n) is 4.17. The third kappa shape index (κ3) is 4.86. The summed E-state index contributed by atoms with van der Waals surface area (Å²) >= 11 is 1.58. The van der Waals surface area contributed by atoms with Crippen LogP contribution in [-0.2, 0) is 4.79 Å². The summed E-state index contributed by atoms with van der Waals surface area (Å²) in [6.45, 7) is 3.70. The lowest BCUT2D eigenvalue weighted by Crippen LogP contribution is -2.44. The van der Waals surface area contributed by atoms with Gasteiger partial charge >= 0.3 is 0 Å². The summed E-state index contributed by atoms with van der Waals surface area (Å²) < 4.78 is 0. The van der Waals surface area contributed by atoms with Crippen molar-refractivity contribution < 1.29 is 9.90 Å². The summed E-state index contributed by atoms with van der Waals surface area (Å²) in [6, 6.07) is 0.216. The summed E-state index contributed by atoms with van der Waals surface area (Å²) in [5.41, 5.74) is 5.30. The van der Waals surface area contributed by atoms with Crippen LogP contribution in [0.2, 0.25) is 0 Å². The highest BCUT2D eigenvalue weighted by atomic mass is 32.2. The van der Waals surface area contributed by atoms with Gasteiger partial charge in [0.05, 0.1) is 12.1 Å². The van der Waals surface area contributed by atoms with Crippen LogP contribution < -0.4 is 11.1 Å². The van der Waals surface area contributed by atoms with Gasteiger partial charge in [-0.2, -0.15) is 11.8 Å². The molecule has 1 fully saturated rings. The van der Waals surface area contributed by atoms with Crippen LogP contribution in [0.5, 0.6) is 0 Å². The van der Waals surface area contributed by atoms with Gasteiger partial charge in [0.25, 0.3) is 0 Å². The normalized spacial score (nSPS) is 22.1. The summed E-state index contributed by atoms with van der Waals surface area (Å²) in [4.78, 5) is 11.1. The fraction of sp³-hybridized carbons (Fsp3) is 0.900. The van der Waals surface area contributed by atoms with Gasteiger partial charge in [0.1, 0.15) is 0 Å². The Hall–Kier alpha value is -0.260. The maximum absolute atomic E-state index is 11.1. The first-order chi connectivity index (χ1) is 7.00. The van der Waals surface area contributed by atoms with Crippen LogP contribution in [0.3, 0.4) is 0 Å². The first-order valence-electron chi connectivity index (χ1n) is 5.35. The van der Waals surface area contributed by atoms with Crippen molar-refractivity contribution in [2.45, 2.75) is 50.1 Å². The van der Waals surface area contributed by atoms with Gasteiger partial charge in [0.2, 0.25) is 5.91 Å². The lowest BCUT2D eigenvalue weighted by atomic mass is 10.3. The minimum Gasteiger partial charge on any atom is -0.392 e. The highest BCUT2D eigenvalue weighted by Crippen LogP contribution is 2.21. The molecule has 0 bridgehead atoms. The number of nitrogens with one attached hydrogen (secondary N) is 1. The van der Waals surface area contributed by atoms with Crippen molar-refractivity contribution in [1.82, 2.24) is 5.32 Å². The van der Waals surface area contributed by atoms with Crippen molar-refractivity contribution in [2.24, 2.45) is 5.73 Å². The van der Waals surface area contributed by atoms with Gasteiger partial charge in [0.15, 0.2) is 0 Å². The molecule has 15 heavy (non-hydrogen) atoms. The number of carbonyl (C=O) groups excluding carboxylic acids is 1. The quantitative estimate of drug-likeness (QED) is 0.582. The molecule has 0 aromatic carbocycles. The molecule has 1 rings (SSSR count). The van der Waals surface area contributed by atoms with E-state index in [0.29, 0.717) is 11.8 Å². The molecule has 1 saturated carbocycles. The van der Waals surface area contributed by atoms with E-state index in [4.69, 9.17) is 5.73 Å². The van der Waals surface area contributed by atoms with E-state index in [1.807, 2.05) is 6.92 Å². The number of thioether (sulfide) groups is 1. The maximum Gasteiger partial charge on any atom is 0.235 e. The number of aliphatic hydroxyl groups is 1. The molecule has 0 radical (unpaired) electrons. The van der Waals surface area contributed by atoms with E-state index in [2.05, 4.69) is 5.32 Å². The molecule has 0 spiro atoms. The third-order valence-electron chi connectivity index (χ3n) is 2.56. The van der Waals surface area contributed by atoms with Crippen LogP contribution in [-0.4, -0.2) is 40.2 Å². The topological polar surface area (TPSA) is 75.3 Å². The van der Waals surface area contributed by atoms with Gasteiger partial charge in [-0.15, -0.1) is 0 Å². The molecule has 4 N–H and O–H groups in total. The van der Waals surface area contributed by atoms with E-state index in [-0.39, 0.29) is 23.3 Å². The monoisotopic (exact) mass is 232 g/mol. The van der Waals surface area contributed by atoms with Crippen molar-refractivity contribution in [3.8, 4) is 0 Å². The molecule has 88 valence electrons. The zero-order valence-corrected chi connectivity index (χ0v) is 10.1. The van der Waals surface area contributed by atoms with Crippen molar-refractivity contribution in [3.05, 3.63) is 0 Å². The van der Waals surface area contributed by atoms with Gasteiger partial charge in [-0.3, -0.25) is 4.79 Å². The van der Waals surface area contributed by atoms with Gasteiger partial charge in [-0.25, -0.2) is 0 Å². The van der Waals surface area contributed by atoms with Gasteiger partial charge in [-0.1, -0.05) is 6.92 Å². The molecule has 1 aliphatic rings. The molecule has 0 aromatic rings. The minimum absolute atomic E-state index is 0.132. The SMILES string of the molecule is CC(O)C(C)SCC(NC1CC1)C(N)=O. The molecule has 0 aliphatic heterocycles. The lowest BCUT2D eigenvalue weighted by Gasteiger charge is -2.19. The van der Waals surface area contributed by atoms with Crippen LogP contribution >= 0.6 is 11.8 Å². The van der Waals surface area contributed by atoms with Crippen LogP contribution in [0.15, 0.2) is 0 Å². The molecule has 3 unspecified atom stereocenters. The molecule has 0 heterocycles. The number of aliphatic hydroxyl groups excluding tert-OH is 1. The number of rotatable bonds is 7. The van der Waals surface area contributed by atoms with E-state index in [1.165, 1.54) is 0 Å². The first-order valence-corrected chi connectivity index (χ1v) is 6.40. The second kappa shape index (κ2) is 5.72. The predicted octanol–water partition coefficient (Wildman–Crippen LogP) is 0.0948. The number of carbonyl (C=O) groups is 1. The molecule has 0 saturated heterocycles. The average Bonchev–Trinajstić information content (AvgIpc) is 2.94. The summed E-state index contributed by atoms with van der Waals surface area (Å²) in [5, 5.41) is 12.6. The zero-order chi connectivity index (χ0) is 11.4. The Labute approximate surface area is 95.0 Å². The summed E-state index contributed by atoms with van der Waals surface area (Å²) in [6.07, 6.45) is 1.92. The summed E-state index contributed by atoms with van der Waals surface area (Å²) in [7, 11) is 0. The van der Waals surface area contributed by atoms with E-state index < -0.39 is 0 Å². The van der Waals surface area contributed by atoms with Crippen molar-refractivity contribution in [1.29, 1.82) is 0 Å². The van der Waals surface area contributed by atoms with Gasteiger partial charge in [0, 0.05) is 17.0 Å². The van der Waals surface area contributed by atoms with Crippen LogP contribution in [0, 0.1) is 0 Å². The molecule has 3 atom stereocenters. The Kier molecular flexibility index (Phi) is 4.89. The highest BCUT2D eigenvalue weighted by molar-refractivity contribution is 8.00. The van der Waals surface area contributed by atoms with Crippen LogP contribution in [0.25, 0.3) is 0 Å². The standard InChI is InChI=1S/C10H20N2O2S/c1-6(13)7(2)15-5-9(10(11)14)12-8-3-4-8/h6-9,12-13H,3-5H2,1-2H3,(H2,11,14). The fourth-order valence-electron chi connectivity index (χ4n) is 1.13. The smallest absolute Gasteiger partial charge is 0.235 e. The highest BCUT2D eigenvalue weighted by Gasteiger charge is 2.27. The molecule has 5 heteroatoms. The van der Waals surface area contributed by atoms with E-state index in [9.17, 15) is 9.90 Å². The number of amides is 1. The Balaban J connectivity index is 2.27. The minimum atomic E-state index is -0.357. The van der Waals surface area contributed by atoms with E-state index in [1.54, 1.807) is 18.7 Å². The lowest BCUT2D eigenvalue weighted by molar-refractivity contribution is -0.119. The van der Waals surface area contributed by atoms with Crippen LogP contribution in [0.1, 0.15) is 26.7 Å². The molecular weight excluding hydrogens is 212 g/mol. The summed E-state index contributed by atoms with van der Waals surface area (Å²) in [5.74, 6) is 0.338. The van der Waals surface area contributed by atoms with Crippen LogP contribution in [0.4, 0.5) is 0 Å². The van der Waals surface area contributed by atoms with Gasteiger partial charge in [-0.05, 0) is 19.8 Å². The molecule has 4 nitrogen and oxygen atoms in total. The Morgan fingerprint density at radius 1 is 1.60 bits per heavy atom. The van der Waals surface area contributed by atoms with Gasteiger partial charge < -0.3 is 16.2 Å². The average molecular weight is 232 g/mol. The van der Waals surface area contributed by atoms with E-state index in [0.717, 1.165) is 12.8 Å². The second-order valence-corrected chi connectivity index (χ2v) is 5.59. The number of primary amides is 1. The third-order valence-corrected chi connectivity index (χ3v) is 4.01. The zero-order valence-electron chi connectivity index (χ0n) is 9.27.